The summed E-state index contributed by atoms with van der Waals surface area (Å²) in [5, 5.41) is 11.4. The van der Waals surface area contributed by atoms with Gasteiger partial charge in [0, 0.05) is 13.5 Å². The lowest BCUT2D eigenvalue weighted by atomic mass is 10.0. The van der Waals surface area contributed by atoms with Crippen LogP contribution in [-0.4, -0.2) is 38.7 Å². The number of rotatable bonds is 6. The van der Waals surface area contributed by atoms with E-state index in [2.05, 4.69) is 10.1 Å². The highest BCUT2D eigenvalue weighted by Crippen LogP contribution is 2.08. The lowest BCUT2D eigenvalue weighted by Crippen LogP contribution is -2.44. The summed E-state index contributed by atoms with van der Waals surface area (Å²) in [6.45, 7) is -0.133. The van der Waals surface area contributed by atoms with Crippen LogP contribution in [0.25, 0.3) is 0 Å². The maximum atomic E-state index is 11.7. The average Bonchev–Trinajstić information content (AvgIpc) is 2.46. The maximum Gasteiger partial charge on any atom is 0.328 e. The van der Waals surface area contributed by atoms with E-state index in [0.29, 0.717) is 5.56 Å². The summed E-state index contributed by atoms with van der Waals surface area (Å²) in [6, 6.07) is 8.04. The van der Waals surface area contributed by atoms with Gasteiger partial charge in [0.15, 0.2) is 0 Å². The molecule has 1 aromatic carbocycles. The molecule has 0 aliphatic carbocycles. The number of nitrogens with zero attached hydrogens (tertiary/aromatic N) is 1. The number of hydrogen-bond donors (Lipinski definition) is 1. The molecular formula is C14H16N2O4. The van der Waals surface area contributed by atoms with Gasteiger partial charge in [0.2, 0.25) is 5.91 Å². The molecule has 0 saturated carbocycles. The zero-order valence-electron chi connectivity index (χ0n) is 11.4. The molecule has 1 rings (SSSR count). The third-order valence-corrected chi connectivity index (χ3v) is 2.59. The van der Waals surface area contributed by atoms with E-state index in [-0.39, 0.29) is 13.0 Å². The Morgan fingerprint density at radius 2 is 2.15 bits per heavy atom. The first kappa shape index (κ1) is 15.7. The number of hydrogen-bond acceptors (Lipinski definition) is 5. The molecular weight excluding hydrogens is 260 g/mol. The zero-order chi connectivity index (χ0) is 15.0. The van der Waals surface area contributed by atoms with Crippen molar-refractivity contribution in [2.45, 2.75) is 12.5 Å². The predicted molar refractivity (Wildman–Crippen MR) is 70.7 cm³/mol. The molecule has 0 heterocycles. The summed E-state index contributed by atoms with van der Waals surface area (Å²) >= 11 is 0. The minimum Gasteiger partial charge on any atom is -0.467 e. The number of methoxy groups -OCH3 is 2. The van der Waals surface area contributed by atoms with Crippen molar-refractivity contribution >= 4 is 11.9 Å². The molecule has 6 nitrogen and oxygen atoms in total. The van der Waals surface area contributed by atoms with Crippen molar-refractivity contribution in [2.75, 3.05) is 20.8 Å². The van der Waals surface area contributed by atoms with E-state index in [0.717, 1.165) is 5.56 Å². The summed E-state index contributed by atoms with van der Waals surface area (Å²) in [7, 11) is 2.65. The molecule has 6 heteroatoms. The third-order valence-electron chi connectivity index (χ3n) is 2.59. The number of nitriles is 1. The van der Waals surface area contributed by atoms with Crippen LogP contribution in [0.3, 0.4) is 0 Å². The molecule has 1 amide bonds. The Morgan fingerprint density at radius 1 is 1.40 bits per heavy atom. The Kier molecular flexibility index (Phi) is 6.20. The third kappa shape index (κ3) is 4.71. The minimum atomic E-state index is -0.809. The molecule has 0 bridgehead atoms. The number of nitrogens with one attached hydrogen (secondary N) is 1. The van der Waals surface area contributed by atoms with Crippen LogP contribution < -0.4 is 5.32 Å². The summed E-state index contributed by atoms with van der Waals surface area (Å²) < 4.78 is 9.36. The van der Waals surface area contributed by atoms with E-state index in [1.165, 1.54) is 14.2 Å². The van der Waals surface area contributed by atoms with Gasteiger partial charge in [0.05, 0.1) is 18.7 Å². The van der Waals surface area contributed by atoms with Crippen molar-refractivity contribution in [1.29, 1.82) is 5.26 Å². The van der Waals surface area contributed by atoms with Gasteiger partial charge in [-0.05, 0) is 17.7 Å². The van der Waals surface area contributed by atoms with Crippen molar-refractivity contribution in [3.63, 3.8) is 0 Å². The van der Waals surface area contributed by atoms with Gasteiger partial charge in [-0.15, -0.1) is 0 Å². The molecule has 0 aromatic heterocycles. The van der Waals surface area contributed by atoms with E-state index in [1.54, 1.807) is 24.3 Å². The van der Waals surface area contributed by atoms with Gasteiger partial charge in [-0.25, -0.2) is 4.79 Å². The van der Waals surface area contributed by atoms with Gasteiger partial charge in [-0.1, -0.05) is 12.1 Å². The highest BCUT2D eigenvalue weighted by atomic mass is 16.5. The van der Waals surface area contributed by atoms with Gasteiger partial charge in [-0.3, -0.25) is 4.79 Å². The Bertz CT molecular complexity index is 522. The Balaban J connectivity index is 2.81. The summed E-state index contributed by atoms with van der Waals surface area (Å²) in [5.74, 6) is -0.948. The quantitative estimate of drug-likeness (QED) is 0.760. The first-order chi connectivity index (χ1) is 9.60. The molecule has 20 heavy (non-hydrogen) atoms. The SMILES string of the molecule is COCC(=O)N[C@@H](Cc1cccc(C#N)c1)C(=O)OC. The molecule has 0 aliphatic heterocycles. The molecule has 0 fully saturated rings. The molecule has 1 aromatic rings. The Morgan fingerprint density at radius 3 is 2.75 bits per heavy atom. The van der Waals surface area contributed by atoms with E-state index in [9.17, 15) is 9.59 Å². The van der Waals surface area contributed by atoms with E-state index in [1.807, 2.05) is 6.07 Å². The number of benzene rings is 1. The molecule has 0 radical (unpaired) electrons. The Hall–Kier alpha value is -2.39. The van der Waals surface area contributed by atoms with Gasteiger partial charge < -0.3 is 14.8 Å². The number of carbonyl (C=O) groups is 2. The van der Waals surface area contributed by atoms with Crippen LogP contribution in [0.5, 0.6) is 0 Å². The maximum absolute atomic E-state index is 11.7. The molecule has 0 aliphatic rings. The fraction of sp³-hybridized carbons (Fsp3) is 0.357. The minimum absolute atomic E-state index is 0.133. The number of carbonyl (C=O) groups excluding carboxylic acids is 2. The van der Waals surface area contributed by atoms with Crippen molar-refractivity contribution in [3.05, 3.63) is 35.4 Å². The number of ether oxygens (including phenoxy) is 2. The lowest BCUT2D eigenvalue weighted by Gasteiger charge is -2.16. The molecule has 0 saturated heterocycles. The first-order valence-corrected chi connectivity index (χ1v) is 5.96. The van der Waals surface area contributed by atoms with Crippen molar-refractivity contribution in [1.82, 2.24) is 5.32 Å². The van der Waals surface area contributed by atoms with E-state index < -0.39 is 17.9 Å². The Labute approximate surface area is 117 Å². The van der Waals surface area contributed by atoms with Gasteiger partial charge in [0.25, 0.3) is 0 Å². The molecule has 1 atom stereocenters. The summed E-state index contributed by atoms with van der Waals surface area (Å²) in [5.41, 5.74) is 1.26. The van der Waals surface area contributed by atoms with Crippen molar-refractivity contribution in [2.24, 2.45) is 0 Å². The monoisotopic (exact) mass is 276 g/mol. The number of amides is 1. The van der Waals surface area contributed by atoms with Crippen molar-refractivity contribution < 1.29 is 19.1 Å². The highest BCUT2D eigenvalue weighted by Gasteiger charge is 2.21. The second kappa shape index (κ2) is 7.92. The van der Waals surface area contributed by atoms with Crippen LogP contribution >= 0.6 is 0 Å². The highest BCUT2D eigenvalue weighted by molar-refractivity contribution is 5.85. The summed E-state index contributed by atoms with van der Waals surface area (Å²) in [6.07, 6.45) is 0.248. The van der Waals surface area contributed by atoms with Gasteiger partial charge >= 0.3 is 5.97 Å². The normalized spacial score (nSPS) is 11.2. The fourth-order valence-corrected chi connectivity index (χ4v) is 1.71. The zero-order valence-corrected chi connectivity index (χ0v) is 11.4. The smallest absolute Gasteiger partial charge is 0.328 e. The molecule has 106 valence electrons. The second-order valence-corrected chi connectivity index (χ2v) is 4.09. The van der Waals surface area contributed by atoms with Crippen LogP contribution in [0.4, 0.5) is 0 Å². The standard InChI is InChI=1S/C14H16N2O4/c1-19-9-13(17)16-12(14(18)20-2)7-10-4-3-5-11(6-10)8-15/h3-6,12H,7,9H2,1-2H3,(H,16,17)/t12-/m0/s1. The largest absolute Gasteiger partial charge is 0.467 e. The van der Waals surface area contributed by atoms with Crippen LogP contribution in [0, 0.1) is 11.3 Å². The fourth-order valence-electron chi connectivity index (χ4n) is 1.71. The molecule has 0 spiro atoms. The van der Waals surface area contributed by atoms with Crippen LogP contribution in [0.2, 0.25) is 0 Å². The average molecular weight is 276 g/mol. The topological polar surface area (TPSA) is 88.4 Å². The van der Waals surface area contributed by atoms with Crippen LogP contribution in [0.1, 0.15) is 11.1 Å². The van der Waals surface area contributed by atoms with Crippen LogP contribution in [0.15, 0.2) is 24.3 Å². The predicted octanol–water partition coefficient (Wildman–Crippen LogP) is 0.405. The van der Waals surface area contributed by atoms with Gasteiger partial charge in [0.1, 0.15) is 12.6 Å². The lowest BCUT2D eigenvalue weighted by molar-refractivity contribution is -0.145. The first-order valence-electron chi connectivity index (χ1n) is 5.96. The summed E-state index contributed by atoms with van der Waals surface area (Å²) in [4.78, 5) is 23.2. The molecule has 0 unspecified atom stereocenters. The molecule has 1 N–H and O–H groups in total. The van der Waals surface area contributed by atoms with E-state index >= 15 is 0 Å². The second-order valence-electron chi connectivity index (χ2n) is 4.09. The van der Waals surface area contributed by atoms with E-state index in [4.69, 9.17) is 10.00 Å². The number of esters is 1. The van der Waals surface area contributed by atoms with Crippen LogP contribution in [-0.2, 0) is 25.5 Å². The van der Waals surface area contributed by atoms with Crippen molar-refractivity contribution in [3.8, 4) is 6.07 Å². The van der Waals surface area contributed by atoms with Gasteiger partial charge in [-0.2, -0.15) is 5.26 Å².